The molecular formula is C15H12ClN3O5. The third-order valence-corrected chi connectivity index (χ3v) is 3.23. The zero-order valence-electron chi connectivity index (χ0n) is 12.4. The molecule has 0 spiro atoms. The summed E-state index contributed by atoms with van der Waals surface area (Å²) >= 11 is 5.73. The molecule has 8 nitrogen and oxygen atoms in total. The van der Waals surface area contributed by atoms with Crippen LogP contribution < -0.4 is 10.2 Å². The van der Waals surface area contributed by atoms with Crippen molar-refractivity contribution in [2.24, 2.45) is 5.10 Å². The number of halogens is 1. The van der Waals surface area contributed by atoms with E-state index in [0.717, 1.165) is 6.07 Å². The number of carbonyl (C=O) groups is 1. The minimum Gasteiger partial charge on any atom is -0.500 e. The number of carbonyl (C=O) groups excluding carboxylic acids is 1. The Hall–Kier alpha value is -3.13. The van der Waals surface area contributed by atoms with Crippen molar-refractivity contribution < 1.29 is 19.6 Å². The molecule has 0 atom stereocenters. The molecular weight excluding hydrogens is 338 g/mol. The molecule has 2 aromatic rings. The topological polar surface area (TPSA) is 114 Å². The molecule has 0 aromatic heterocycles. The second-order valence-electron chi connectivity index (χ2n) is 4.55. The smallest absolute Gasteiger partial charge is 0.315 e. The SMILES string of the molecule is COc1cc(/C=N\NC(=O)c2ccc(Cl)cc2)cc([N+](=O)[O-])c1O. The molecule has 124 valence electrons. The summed E-state index contributed by atoms with van der Waals surface area (Å²) in [5, 5.41) is 24.8. The first-order valence-corrected chi connectivity index (χ1v) is 6.94. The number of aromatic hydroxyl groups is 1. The molecule has 0 saturated carbocycles. The fourth-order valence-corrected chi connectivity index (χ4v) is 1.94. The molecule has 0 bridgehead atoms. The van der Waals surface area contributed by atoms with Crippen LogP contribution in [0.2, 0.25) is 5.02 Å². The third-order valence-electron chi connectivity index (χ3n) is 2.98. The maximum Gasteiger partial charge on any atom is 0.315 e. The van der Waals surface area contributed by atoms with Gasteiger partial charge in [-0.05, 0) is 30.3 Å². The van der Waals surface area contributed by atoms with Gasteiger partial charge in [-0.1, -0.05) is 11.6 Å². The van der Waals surface area contributed by atoms with Crippen molar-refractivity contribution in [1.29, 1.82) is 0 Å². The number of ether oxygens (including phenoxy) is 1. The number of hydrogen-bond acceptors (Lipinski definition) is 6. The van der Waals surface area contributed by atoms with Gasteiger partial charge in [0.05, 0.1) is 18.2 Å². The first kappa shape index (κ1) is 17.2. The lowest BCUT2D eigenvalue weighted by atomic mass is 10.2. The highest BCUT2D eigenvalue weighted by molar-refractivity contribution is 6.30. The minimum atomic E-state index is -0.749. The molecule has 0 fully saturated rings. The van der Waals surface area contributed by atoms with E-state index in [0.29, 0.717) is 10.6 Å². The molecule has 0 radical (unpaired) electrons. The van der Waals surface area contributed by atoms with Crippen LogP contribution in [-0.2, 0) is 0 Å². The Balaban J connectivity index is 2.16. The van der Waals surface area contributed by atoms with E-state index in [-0.39, 0.29) is 11.3 Å². The summed E-state index contributed by atoms with van der Waals surface area (Å²) in [6.45, 7) is 0. The van der Waals surface area contributed by atoms with E-state index >= 15 is 0 Å². The maximum atomic E-state index is 11.9. The van der Waals surface area contributed by atoms with Gasteiger partial charge >= 0.3 is 5.69 Å². The van der Waals surface area contributed by atoms with Gasteiger partial charge in [-0.15, -0.1) is 0 Å². The Morgan fingerprint density at radius 2 is 2.04 bits per heavy atom. The van der Waals surface area contributed by atoms with Crippen LogP contribution in [0.3, 0.4) is 0 Å². The first-order valence-electron chi connectivity index (χ1n) is 6.56. The molecule has 1 amide bonds. The Labute approximate surface area is 141 Å². The quantitative estimate of drug-likeness (QED) is 0.489. The summed E-state index contributed by atoms with van der Waals surface area (Å²) in [5.41, 5.74) is 2.38. The lowest BCUT2D eigenvalue weighted by Crippen LogP contribution is -2.17. The van der Waals surface area contributed by atoms with E-state index in [1.807, 2.05) is 0 Å². The molecule has 9 heteroatoms. The molecule has 0 heterocycles. The fraction of sp³-hybridized carbons (Fsp3) is 0.0667. The number of benzene rings is 2. The van der Waals surface area contributed by atoms with Crippen LogP contribution in [0.15, 0.2) is 41.5 Å². The summed E-state index contributed by atoms with van der Waals surface area (Å²) in [5.74, 6) is -1.12. The van der Waals surface area contributed by atoms with E-state index < -0.39 is 22.3 Å². The van der Waals surface area contributed by atoms with Gasteiger partial charge in [0.2, 0.25) is 5.75 Å². The number of rotatable bonds is 5. The Kier molecular flexibility index (Phi) is 5.33. The number of phenolic OH excluding ortho intramolecular Hbond substituents is 1. The molecule has 0 saturated heterocycles. The van der Waals surface area contributed by atoms with E-state index in [4.69, 9.17) is 16.3 Å². The number of hydrazone groups is 1. The summed E-state index contributed by atoms with van der Waals surface area (Å²) in [4.78, 5) is 22.0. The number of phenols is 1. The third kappa shape index (κ3) is 3.99. The highest BCUT2D eigenvalue weighted by Crippen LogP contribution is 2.36. The number of nitrogens with zero attached hydrogens (tertiary/aromatic N) is 2. The Morgan fingerprint density at radius 3 is 2.62 bits per heavy atom. The van der Waals surface area contributed by atoms with Gasteiger partial charge in [0, 0.05) is 22.2 Å². The van der Waals surface area contributed by atoms with E-state index in [1.54, 1.807) is 12.1 Å². The number of methoxy groups -OCH3 is 1. The first-order chi connectivity index (χ1) is 11.4. The van der Waals surface area contributed by atoms with Gasteiger partial charge in [0.1, 0.15) is 0 Å². The zero-order valence-corrected chi connectivity index (χ0v) is 13.1. The molecule has 2 rings (SSSR count). The van der Waals surface area contributed by atoms with Crippen molar-refractivity contribution in [2.75, 3.05) is 7.11 Å². The van der Waals surface area contributed by atoms with Crippen molar-refractivity contribution in [1.82, 2.24) is 5.43 Å². The lowest BCUT2D eigenvalue weighted by Gasteiger charge is -2.05. The van der Waals surface area contributed by atoms with Gasteiger partial charge in [0.15, 0.2) is 5.75 Å². The van der Waals surface area contributed by atoms with Crippen molar-refractivity contribution >= 4 is 29.4 Å². The highest BCUT2D eigenvalue weighted by Gasteiger charge is 2.19. The summed E-state index contributed by atoms with van der Waals surface area (Å²) in [6.07, 6.45) is 1.20. The van der Waals surface area contributed by atoms with E-state index in [1.165, 1.54) is 31.5 Å². The fourth-order valence-electron chi connectivity index (χ4n) is 1.81. The average molecular weight is 350 g/mol. The minimum absolute atomic E-state index is 0.0744. The number of nitro benzene ring substituents is 1. The van der Waals surface area contributed by atoms with Crippen LogP contribution in [0.1, 0.15) is 15.9 Å². The molecule has 0 aliphatic rings. The summed E-state index contributed by atoms with van der Waals surface area (Å²) in [7, 11) is 1.27. The van der Waals surface area contributed by atoms with E-state index in [9.17, 15) is 20.0 Å². The van der Waals surface area contributed by atoms with Gasteiger partial charge in [0.25, 0.3) is 5.91 Å². The Morgan fingerprint density at radius 1 is 1.38 bits per heavy atom. The van der Waals surface area contributed by atoms with Crippen LogP contribution in [0.4, 0.5) is 5.69 Å². The van der Waals surface area contributed by atoms with Gasteiger partial charge in [-0.25, -0.2) is 5.43 Å². The van der Waals surface area contributed by atoms with Gasteiger partial charge < -0.3 is 9.84 Å². The molecule has 2 N–H and O–H groups in total. The monoisotopic (exact) mass is 349 g/mol. The largest absolute Gasteiger partial charge is 0.500 e. The van der Waals surface area contributed by atoms with Crippen molar-refractivity contribution in [3.8, 4) is 11.5 Å². The molecule has 24 heavy (non-hydrogen) atoms. The number of nitro groups is 1. The lowest BCUT2D eigenvalue weighted by molar-refractivity contribution is -0.386. The molecule has 2 aromatic carbocycles. The molecule has 0 aliphatic heterocycles. The summed E-state index contributed by atoms with van der Waals surface area (Å²) < 4.78 is 4.87. The zero-order chi connectivity index (χ0) is 17.7. The number of hydrogen-bond donors (Lipinski definition) is 2. The predicted octanol–water partition coefficient (Wildman–Crippen LogP) is 2.73. The molecule has 0 unspecified atom stereocenters. The van der Waals surface area contributed by atoms with Crippen LogP contribution in [-0.4, -0.2) is 29.3 Å². The van der Waals surface area contributed by atoms with Crippen LogP contribution >= 0.6 is 11.6 Å². The standard InChI is InChI=1S/C15H12ClN3O5/c1-24-13-7-9(6-12(14(13)20)19(22)23)8-17-18-15(21)10-2-4-11(16)5-3-10/h2-8,20H,1H3,(H,18,21)/b17-8-. The Bertz CT molecular complexity index is 806. The predicted molar refractivity (Wildman–Crippen MR) is 87.8 cm³/mol. The van der Waals surface area contributed by atoms with Crippen LogP contribution in [0.5, 0.6) is 11.5 Å². The average Bonchev–Trinajstić information content (AvgIpc) is 2.56. The maximum absolute atomic E-state index is 11.9. The van der Waals surface area contributed by atoms with Crippen molar-refractivity contribution in [2.45, 2.75) is 0 Å². The summed E-state index contributed by atoms with van der Waals surface area (Å²) in [6, 6.07) is 8.64. The number of nitrogens with one attached hydrogen (secondary N) is 1. The van der Waals surface area contributed by atoms with Gasteiger partial charge in [-0.3, -0.25) is 14.9 Å². The normalized spacial score (nSPS) is 10.6. The second kappa shape index (κ2) is 7.42. The second-order valence-corrected chi connectivity index (χ2v) is 4.99. The van der Waals surface area contributed by atoms with Crippen LogP contribution in [0.25, 0.3) is 0 Å². The van der Waals surface area contributed by atoms with Crippen molar-refractivity contribution in [3.63, 3.8) is 0 Å². The van der Waals surface area contributed by atoms with Crippen molar-refractivity contribution in [3.05, 3.63) is 62.7 Å². The van der Waals surface area contributed by atoms with E-state index in [2.05, 4.69) is 10.5 Å². The number of amides is 1. The van der Waals surface area contributed by atoms with Gasteiger partial charge in [-0.2, -0.15) is 5.10 Å². The van der Waals surface area contributed by atoms with Crippen LogP contribution in [0, 0.1) is 10.1 Å². The highest BCUT2D eigenvalue weighted by atomic mass is 35.5. The molecule has 0 aliphatic carbocycles.